The van der Waals surface area contributed by atoms with E-state index in [1.54, 1.807) is 9.80 Å². The second-order valence-corrected chi connectivity index (χ2v) is 14.3. The molecule has 2 atom stereocenters. The van der Waals surface area contributed by atoms with E-state index in [1.165, 1.54) is 0 Å². The largest absolute Gasteiger partial charge is 0.456 e. The summed E-state index contributed by atoms with van der Waals surface area (Å²) < 4.78 is 6.19. The van der Waals surface area contributed by atoms with Crippen molar-refractivity contribution in [3.05, 3.63) is 132 Å². The minimum absolute atomic E-state index is 0.0179. The Labute approximate surface area is 336 Å². The Morgan fingerprint density at radius 2 is 1.30 bits per heavy atom. The van der Waals surface area contributed by atoms with Gasteiger partial charge in [-0.25, -0.2) is 0 Å². The third-order valence-corrected chi connectivity index (χ3v) is 9.58. The predicted octanol–water partition coefficient (Wildman–Crippen LogP) is 7.10. The smallest absolute Gasteiger partial charge is 0.247 e. The topological polar surface area (TPSA) is 127 Å². The number of anilines is 2. The van der Waals surface area contributed by atoms with Gasteiger partial charge in [0.05, 0.1) is 13.0 Å². The summed E-state index contributed by atoms with van der Waals surface area (Å²) in [6, 6.07) is 36.8. The number of amides is 4. The van der Waals surface area contributed by atoms with Crippen LogP contribution in [0.5, 0.6) is 0 Å². The van der Waals surface area contributed by atoms with Gasteiger partial charge in [0.15, 0.2) is 0 Å². The summed E-state index contributed by atoms with van der Waals surface area (Å²) in [4.78, 5) is 58.2. The van der Waals surface area contributed by atoms with Crippen molar-refractivity contribution >= 4 is 35.0 Å². The quantitative estimate of drug-likeness (QED) is 0.110. The van der Waals surface area contributed by atoms with E-state index in [0.717, 1.165) is 35.1 Å². The van der Waals surface area contributed by atoms with Crippen molar-refractivity contribution < 1.29 is 23.6 Å². The minimum atomic E-state index is -0.541. The van der Waals surface area contributed by atoms with Crippen LogP contribution in [0.15, 0.2) is 126 Å². The van der Waals surface area contributed by atoms with Gasteiger partial charge in [-0.2, -0.15) is 0 Å². The van der Waals surface area contributed by atoms with Gasteiger partial charge in [-0.3, -0.25) is 24.1 Å². The van der Waals surface area contributed by atoms with E-state index in [1.807, 2.05) is 161 Å². The second kappa shape index (κ2) is 20.8. The van der Waals surface area contributed by atoms with Crippen LogP contribution >= 0.6 is 0 Å². The van der Waals surface area contributed by atoms with Gasteiger partial charge in [-0.05, 0) is 119 Å². The number of furan rings is 1. The number of nitrogens with one attached hydrogen (secondary N) is 3. The molecule has 0 unspecified atom stereocenters. The van der Waals surface area contributed by atoms with Gasteiger partial charge in [-0.15, -0.1) is 0 Å². The average Bonchev–Trinajstić information content (AvgIpc) is 3.91. The molecular weight excluding hydrogens is 717 g/mol. The number of likely N-dealkylation sites (N-methyl/N-ethyl adjacent to an activating group) is 1. The zero-order valence-corrected chi connectivity index (χ0v) is 33.5. The van der Waals surface area contributed by atoms with Crippen LogP contribution in [-0.4, -0.2) is 92.2 Å². The molecule has 57 heavy (non-hydrogen) atoms. The molecule has 6 rings (SSSR count). The van der Waals surface area contributed by atoms with Crippen LogP contribution in [0, 0.1) is 0 Å². The fourth-order valence-corrected chi connectivity index (χ4v) is 6.88. The van der Waals surface area contributed by atoms with Crippen molar-refractivity contribution in [1.82, 2.24) is 20.0 Å². The van der Waals surface area contributed by atoms with E-state index in [-0.39, 0.29) is 36.6 Å². The summed E-state index contributed by atoms with van der Waals surface area (Å²) in [7, 11) is 7.51. The van der Waals surface area contributed by atoms with Crippen molar-refractivity contribution in [2.45, 2.75) is 44.7 Å². The molecule has 0 bridgehead atoms. The standard InChI is InChI=1S/C44H47N5O5.C2H7N/c1-4-27-48(41(51)29-31-12-7-5-8-13-31)30-40(50)45-35-21-17-32(18-22-35)38-25-26-39(54-38)33-19-23-36(24-20-33)46-43(52)37-16-11-28-49(37)44(53)42(47(2)3)34-14-9-6-10-15-34;1-3-2/h5-10,12-15,17-26,37,42H,4,11,16,27-30H2,1-3H3,(H,45,50)(H,46,52);3H,1-2H3/t37-,42+;/m0./s1. The highest BCUT2D eigenvalue weighted by atomic mass is 16.3. The van der Waals surface area contributed by atoms with Crippen LogP contribution in [0.3, 0.4) is 0 Å². The summed E-state index contributed by atoms with van der Waals surface area (Å²) in [6.07, 6.45) is 2.39. The minimum Gasteiger partial charge on any atom is -0.456 e. The van der Waals surface area contributed by atoms with Gasteiger partial charge in [0.25, 0.3) is 0 Å². The molecule has 1 saturated heterocycles. The first-order valence-electron chi connectivity index (χ1n) is 19.4. The highest BCUT2D eigenvalue weighted by molar-refractivity contribution is 5.98. The maximum Gasteiger partial charge on any atom is 0.247 e. The van der Waals surface area contributed by atoms with Gasteiger partial charge in [-0.1, -0.05) is 67.6 Å². The molecule has 298 valence electrons. The molecule has 0 aliphatic carbocycles. The molecule has 0 radical (unpaired) electrons. The van der Waals surface area contributed by atoms with Crippen molar-refractivity contribution in [2.24, 2.45) is 0 Å². The van der Waals surface area contributed by atoms with Crippen LogP contribution in [-0.2, 0) is 25.6 Å². The van der Waals surface area contributed by atoms with Crippen molar-refractivity contribution in [3.8, 4) is 22.6 Å². The molecule has 1 aliphatic rings. The molecule has 0 spiro atoms. The monoisotopic (exact) mass is 770 g/mol. The van der Waals surface area contributed by atoms with Gasteiger partial charge < -0.3 is 30.2 Å². The average molecular weight is 771 g/mol. The van der Waals surface area contributed by atoms with Gasteiger partial charge in [0, 0.05) is 35.6 Å². The molecule has 1 aromatic heterocycles. The van der Waals surface area contributed by atoms with Crippen molar-refractivity contribution in [3.63, 3.8) is 0 Å². The van der Waals surface area contributed by atoms with Crippen LogP contribution in [0.25, 0.3) is 22.6 Å². The molecular formula is C46H54N6O5. The number of hydrogen-bond donors (Lipinski definition) is 3. The highest BCUT2D eigenvalue weighted by Crippen LogP contribution is 2.31. The number of nitrogens with zero attached hydrogens (tertiary/aromatic N) is 3. The number of carbonyl (C=O) groups is 4. The zero-order valence-electron chi connectivity index (χ0n) is 33.5. The summed E-state index contributed by atoms with van der Waals surface area (Å²) in [6.45, 7) is 3.01. The Balaban J connectivity index is 0.00000200. The first-order chi connectivity index (χ1) is 27.6. The fraction of sp³-hybridized carbons (Fsp3) is 0.304. The van der Waals surface area contributed by atoms with Crippen LogP contribution in [0.1, 0.15) is 43.4 Å². The maximum absolute atomic E-state index is 13.7. The summed E-state index contributed by atoms with van der Waals surface area (Å²) in [5, 5.41) is 8.67. The van der Waals surface area contributed by atoms with E-state index < -0.39 is 12.1 Å². The number of benzene rings is 4. The SMILES string of the molecule is CCCN(CC(=O)Nc1ccc(-c2ccc(-c3ccc(NC(=O)[C@@H]4CCCN4C(=O)[C@@H](c4ccccc4)N(C)C)cc3)o2)cc1)C(=O)Cc1ccccc1.CNC. The Morgan fingerprint density at radius 1 is 0.754 bits per heavy atom. The number of carbonyl (C=O) groups excluding carboxylic acids is 4. The molecule has 11 heteroatoms. The molecule has 11 nitrogen and oxygen atoms in total. The Morgan fingerprint density at radius 3 is 1.84 bits per heavy atom. The van der Waals surface area contributed by atoms with Crippen LogP contribution in [0.4, 0.5) is 11.4 Å². The van der Waals surface area contributed by atoms with Gasteiger partial charge >= 0.3 is 0 Å². The predicted molar refractivity (Wildman–Crippen MR) is 226 cm³/mol. The molecule has 2 heterocycles. The number of hydrogen-bond acceptors (Lipinski definition) is 7. The zero-order chi connectivity index (χ0) is 40.7. The molecule has 5 aromatic rings. The van der Waals surface area contributed by atoms with Gasteiger partial charge in [0.1, 0.15) is 23.6 Å². The van der Waals surface area contributed by atoms with Crippen molar-refractivity contribution in [1.29, 1.82) is 0 Å². The molecule has 1 fully saturated rings. The van der Waals surface area contributed by atoms with E-state index in [0.29, 0.717) is 42.4 Å². The van der Waals surface area contributed by atoms with E-state index in [9.17, 15) is 19.2 Å². The summed E-state index contributed by atoms with van der Waals surface area (Å²) in [5.41, 5.74) is 4.76. The van der Waals surface area contributed by atoms with Gasteiger partial charge in [0.2, 0.25) is 23.6 Å². The molecule has 4 amide bonds. The first-order valence-corrected chi connectivity index (χ1v) is 19.4. The summed E-state index contributed by atoms with van der Waals surface area (Å²) >= 11 is 0. The number of rotatable bonds is 14. The molecule has 3 N–H and O–H groups in total. The fourth-order valence-electron chi connectivity index (χ4n) is 6.88. The Bertz CT molecular complexity index is 2050. The second-order valence-electron chi connectivity index (χ2n) is 14.3. The van der Waals surface area contributed by atoms with E-state index in [4.69, 9.17) is 4.42 Å². The third-order valence-electron chi connectivity index (χ3n) is 9.58. The lowest BCUT2D eigenvalue weighted by atomic mass is 10.0. The Hall–Kier alpha value is -6.04. The van der Waals surface area contributed by atoms with E-state index >= 15 is 0 Å². The first kappa shape index (κ1) is 42.1. The normalized spacial score (nSPS) is 14.0. The van der Waals surface area contributed by atoms with E-state index in [2.05, 4.69) is 16.0 Å². The maximum atomic E-state index is 13.7. The lowest BCUT2D eigenvalue weighted by molar-refractivity contribution is -0.140. The highest BCUT2D eigenvalue weighted by Gasteiger charge is 2.38. The van der Waals surface area contributed by atoms with Crippen LogP contribution in [0.2, 0.25) is 0 Å². The number of likely N-dealkylation sites (tertiary alicyclic amines) is 1. The molecule has 1 aliphatic heterocycles. The van der Waals surface area contributed by atoms with Crippen molar-refractivity contribution in [2.75, 3.05) is 58.5 Å². The van der Waals surface area contributed by atoms with Crippen LogP contribution < -0.4 is 16.0 Å². The lowest BCUT2D eigenvalue weighted by Gasteiger charge is -2.31. The third kappa shape index (κ3) is 11.5. The molecule has 0 saturated carbocycles. The molecule has 4 aromatic carbocycles. The Kier molecular flexibility index (Phi) is 15.3. The lowest BCUT2D eigenvalue weighted by Crippen LogP contribution is -2.47. The summed E-state index contributed by atoms with van der Waals surface area (Å²) in [5.74, 6) is 0.719.